The summed E-state index contributed by atoms with van der Waals surface area (Å²) in [6, 6.07) is 0. The molecule has 0 amide bonds. The fourth-order valence-electron chi connectivity index (χ4n) is 2.74. The van der Waals surface area contributed by atoms with Crippen molar-refractivity contribution in [2.75, 3.05) is 20.2 Å². The predicted octanol–water partition coefficient (Wildman–Crippen LogP) is 1.51. The van der Waals surface area contributed by atoms with E-state index in [0.29, 0.717) is 5.92 Å². The molecule has 1 aromatic heterocycles. The van der Waals surface area contributed by atoms with Crippen molar-refractivity contribution in [1.82, 2.24) is 9.88 Å². The van der Waals surface area contributed by atoms with Crippen LogP contribution in [0.4, 0.5) is 0 Å². The molecule has 0 aliphatic carbocycles. The van der Waals surface area contributed by atoms with E-state index in [9.17, 15) is 4.79 Å². The first-order valence-electron chi connectivity index (χ1n) is 6.02. The van der Waals surface area contributed by atoms with Crippen LogP contribution in [0.2, 0.25) is 0 Å². The molecule has 94 valence electrons. The summed E-state index contributed by atoms with van der Waals surface area (Å²) >= 11 is 0. The monoisotopic (exact) mass is 236 g/mol. The molecule has 1 aliphatic heterocycles. The zero-order valence-electron chi connectivity index (χ0n) is 11.0. The van der Waals surface area contributed by atoms with Crippen molar-refractivity contribution in [3.8, 4) is 0 Å². The Morgan fingerprint density at radius 2 is 2.12 bits per heavy atom. The molecule has 1 atom stereocenters. The van der Waals surface area contributed by atoms with Gasteiger partial charge < -0.3 is 14.6 Å². The van der Waals surface area contributed by atoms with Gasteiger partial charge in [0.15, 0.2) is 0 Å². The molecular formula is C13H20N2O2. The number of carbonyl (C=O) groups excluding carboxylic acids is 1. The summed E-state index contributed by atoms with van der Waals surface area (Å²) in [5.41, 5.74) is 4.11. The van der Waals surface area contributed by atoms with Gasteiger partial charge in [0.1, 0.15) is 0 Å². The van der Waals surface area contributed by atoms with E-state index in [1.165, 1.54) is 18.4 Å². The summed E-state index contributed by atoms with van der Waals surface area (Å²) in [6.07, 6.45) is 1.09. The fraction of sp³-hybridized carbons (Fsp3) is 0.615. The second kappa shape index (κ2) is 4.53. The Morgan fingerprint density at radius 3 is 2.65 bits per heavy atom. The zero-order chi connectivity index (χ0) is 12.6. The number of aromatic nitrogens is 1. The van der Waals surface area contributed by atoms with E-state index in [2.05, 4.69) is 16.8 Å². The number of hydrogen-bond acceptors (Lipinski definition) is 3. The van der Waals surface area contributed by atoms with Crippen molar-refractivity contribution in [2.45, 2.75) is 26.2 Å². The molecular weight excluding hydrogens is 216 g/mol. The van der Waals surface area contributed by atoms with E-state index in [1.54, 1.807) is 0 Å². The molecule has 1 aliphatic rings. The molecule has 1 saturated heterocycles. The van der Waals surface area contributed by atoms with Crippen LogP contribution in [-0.4, -0.2) is 30.7 Å². The van der Waals surface area contributed by atoms with Gasteiger partial charge in [-0.05, 0) is 32.4 Å². The van der Waals surface area contributed by atoms with Crippen LogP contribution in [0, 0.1) is 13.8 Å². The third kappa shape index (κ3) is 1.86. The lowest BCUT2D eigenvalue weighted by atomic mass is 9.94. The number of ether oxygens (including phenoxy) is 1. The van der Waals surface area contributed by atoms with Crippen LogP contribution >= 0.6 is 0 Å². The largest absolute Gasteiger partial charge is 0.465 e. The molecule has 0 aromatic carbocycles. The Labute approximate surface area is 102 Å². The fourth-order valence-corrected chi connectivity index (χ4v) is 2.74. The lowest BCUT2D eigenvalue weighted by Gasteiger charge is -2.11. The Hall–Kier alpha value is -1.29. The maximum atomic E-state index is 11.9. The standard InChI is InChI=1S/C13H20N2O2/c1-8-11(10-5-6-14-7-10)12(13(16)17-4)9(2)15(8)3/h10,14H,5-7H2,1-4H3. The van der Waals surface area contributed by atoms with Crippen LogP contribution in [0.5, 0.6) is 0 Å². The van der Waals surface area contributed by atoms with Gasteiger partial charge in [0.05, 0.1) is 12.7 Å². The number of nitrogens with zero attached hydrogens (tertiary/aromatic N) is 1. The van der Waals surface area contributed by atoms with Crippen LogP contribution in [0.3, 0.4) is 0 Å². The van der Waals surface area contributed by atoms with Crippen molar-refractivity contribution >= 4 is 5.97 Å². The van der Waals surface area contributed by atoms with Crippen molar-refractivity contribution in [3.05, 3.63) is 22.5 Å². The molecule has 1 fully saturated rings. The number of rotatable bonds is 2. The first-order valence-corrected chi connectivity index (χ1v) is 6.02. The minimum atomic E-state index is -0.215. The van der Waals surface area contributed by atoms with Crippen LogP contribution in [0.1, 0.15) is 39.6 Å². The predicted molar refractivity (Wildman–Crippen MR) is 66.5 cm³/mol. The lowest BCUT2D eigenvalue weighted by molar-refractivity contribution is 0.0598. The lowest BCUT2D eigenvalue weighted by Crippen LogP contribution is -2.12. The van der Waals surface area contributed by atoms with Crippen LogP contribution in [0.15, 0.2) is 0 Å². The molecule has 0 bridgehead atoms. The minimum absolute atomic E-state index is 0.215. The highest BCUT2D eigenvalue weighted by Gasteiger charge is 2.29. The number of methoxy groups -OCH3 is 1. The molecule has 17 heavy (non-hydrogen) atoms. The molecule has 2 heterocycles. The summed E-state index contributed by atoms with van der Waals surface area (Å²) < 4.78 is 7.00. The third-order valence-corrected chi connectivity index (χ3v) is 3.89. The maximum absolute atomic E-state index is 11.9. The quantitative estimate of drug-likeness (QED) is 0.791. The van der Waals surface area contributed by atoms with Crippen molar-refractivity contribution in [3.63, 3.8) is 0 Å². The van der Waals surface area contributed by atoms with Crippen LogP contribution in [-0.2, 0) is 11.8 Å². The highest BCUT2D eigenvalue weighted by atomic mass is 16.5. The number of esters is 1. The number of hydrogen-bond donors (Lipinski definition) is 1. The topological polar surface area (TPSA) is 43.3 Å². The summed E-state index contributed by atoms with van der Waals surface area (Å²) in [5.74, 6) is 0.220. The van der Waals surface area contributed by atoms with Crippen molar-refractivity contribution in [2.24, 2.45) is 7.05 Å². The summed E-state index contributed by atoms with van der Waals surface area (Å²) in [7, 11) is 3.45. The molecule has 0 radical (unpaired) electrons. The van der Waals surface area contributed by atoms with E-state index < -0.39 is 0 Å². The average molecular weight is 236 g/mol. The van der Waals surface area contributed by atoms with Gasteiger partial charge in [0.2, 0.25) is 0 Å². The Kier molecular flexibility index (Phi) is 3.24. The van der Waals surface area contributed by atoms with Crippen molar-refractivity contribution < 1.29 is 9.53 Å². The summed E-state index contributed by atoms with van der Waals surface area (Å²) in [5, 5.41) is 3.35. The first kappa shape index (κ1) is 12.2. The molecule has 1 aromatic rings. The van der Waals surface area contributed by atoms with Gasteiger partial charge >= 0.3 is 5.97 Å². The van der Waals surface area contributed by atoms with Crippen molar-refractivity contribution in [1.29, 1.82) is 0 Å². The van der Waals surface area contributed by atoms with E-state index in [0.717, 1.165) is 30.8 Å². The Bertz CT molecular complexity index is 443. The number of nitrogens with one attached hydrogen (secondary N) is 1. The highest BCUT2D eigenvalue weighted by molar-refractivity contribution is 5.93. The SMILES string of the molecule is COC(=O)c1c(C2CCNC2)c(C)n(C)c1C. The average Bonchev–Trinajstić information content (AvgIpc) is 2.91. The van der Waals surface area contributed by atoms with Gasteiger partial charge in [-0.2, -0.15) is 0 Å². The smallest absolute Gasteiger partial charge is 0.339 e. The van der Waals surface area contributed by atoms with Gasteiger partial charge in [-0.25, -0.2) is 4.79 Å². The Morgan fingerprint density at radius 1 is 1.41 bits per heavy atom. The van der Waals surface area contributed by atoms with Crippen LogP contribution < -0.4 is 5.32 Å². The molecule has 0 spiro atoms. The van der Waals surface area contributed by atoms with Gasteiger partial charge in [-0.15, -0.1) is 0 Å². The normalized spacial score (nSPS) is 19.6. The van der Waals surface area contributed by atoms with E-state index >= 15 is 0 Å². The van der Waals surface area contributed by atoms with Crippen LogP contribution in [0.25, 0.3) is 0 Å². The summed E-state index contributed by atoms with van der Waals surface area (Å²) in [4.78, 5) is 11.9. The third-order valence-electron chi connectivity index (χ3n) is 3.89. The van der Waals surface area contributed by atoms with Gasteiger partial charge in [-0.3, -0.25) is 0 Å². The minimum Gasteiger partial charge on any atom is -0.465 e. The van der Waals surface area contributed by atoms with Gasteiger partial charge in [0.25, 0.3) is 0 Å². The molecule has 1 unspecified atom stereocenters. The highest BCUT2D eigenvalue weighted by Crippen LogP contribution is 2.32. The van der Waals surface area contributed by atoms with E-state index in [-0.39, 0.29) is 5.97 Å². The summed E-state index contributed by atoms with van der Waals surface area (Å²) in [6.45, 7) is 6.03. The molecule has 2 rings (SSSR count). The molecule has 4 heteroatoms. The molecule has 0 saturated carbocycles. The van der Waals surface area contributed by atoms with Gasteiger partial charge in [-0.1, -0.05) is 0 Å². The molecule has 1 N–H and O–H groups in total. The van der Waals surface area contributed by atoms with E-state index in [4.69, 9.17) is 4.74 Å². The molecule has 4 nitrogen and oxygen atoms in total. The first-order chi connectivity index (χ1) is 8.07. The second-order valence-electron chi connectivity index (χ2n) is 4.70. The maximum Gasteiger partial charge on any atom is 0.339 e. The van der Waals surface area contributed by atoms with E-state index in [1.807, 2.05) is 14.0 Å². The van der Waals surface area contributed by atoms with Gasteiger partial charge in [0, 0.05) is 30.9 Å². The number of carbonyl (C=O) groups is 1. The zero-order valence-corrected chi connectivity index (χ0v) is 11.0. The Balaban J connectivity index is 2.55. The second-order valence-corrected chi connectivity index (χ2v) is 4.70.